The largest absolute Gasteiger partial charge is 0.325 e. The molecule has 2 aromatic rings. The van der Waals surface area contributed by atoms with Gasteiger partial charge in [0.1, 0.15) is 6.54 Å². The van der Waals surface area contributed by atoms with E-state index in [-0.39, 0.29) is 18.0 Å². The first-order valence-corrected chi connectivity index (χ1v) is 6.57. The van der Waals surface area contributed by atoms with Crippen LogP contribution in [-0.2, 0) is 11.3 Å². The van der Waals surface area contributed by atoms with Crippen LogP contribution in [-0.4, -0.2) is 10.5 Å². The average molecular weight is 321 g/mol. The van der Waals surface area contributed by atoms with Crippen molar-refractivity contribution in [3.63, 3.8) is 0 Å². The monoisotopic (exact) mass is 320 g/mol. The van der Waals surface area contributed by atoms with Crippen molar-refractivity contribution in [3.8, 4) is 0 Å². The lowest BCUT2D eigenvalue weighted by molar-refractivity contribution is -0.116. The third kappa shape index (κ3) is 3.54. The Bertz CT molecular complexity index is 664. The summed E-state index contributed by atoms with van der Waals surface area (Å²) < 4.78 is 1.80. The van der Waals surface area contributed by atoms with E-state index in [1.54, 1.807) is 18.3 Å². The lowest BCUT2D eigenvalue weighted by Crippen LogP contribution is -2.27. The molecule has 1 aromatic carbocycles. The van der Waals surface area contributed by atoms with Crippen molar-refractivity contribution in [2.75, 3.05) is 5.32 Å². The predicted molar refractivity (Wildman–Crippen MR) is 78.2 cm³/mol. The van der Waals surface area contributed by atoms with Crippen LogP contribution in [0, 0.1) is 6.92 Å². The number of anilines is 1. The minimum atomic E-state index is -0.231. The summed E-state index contributed by atoms with van der Waals surface area (Å²) in [5.41, 5.74) is 1.58. The van der Waals surface area contributed by atoms with Crippen molar-refractivity contribution < 1.29 is 4.79 Å². The molecule has 4 nitrogen and oxygen atoms in total. The van der Waals surface area contributed by atoms with E-state index < -0.39 is 0 Å². The van der Waals surface area contributed by atoms with Crippen molar-refractivity contribution in [3.05, 3.63) is 63.0 Å². The van der Waals surface area contributed by atoms with E-state index in [0.717, 1.165) is 11.3 Å². The van der Waals surface area contributed by atoms with Gasteiger partial charge in [-0.1, -0.05) is 12.1 Å². The van der Waals surface area contributed by atoms with Crippen LogP contribution in [0.3, 0.4) is 0 Å². The number of nitrogens with zero attached hydrogens (tertiary/aromatic N) is 1. The number of aryl methyl sites for hydroxylation is 1. The molecule has 1 N–H and O–H groups in total. The summed E-state index contributed by atoms with van der Waals surface area (Å²) in [6.07, 6.45) is 1.59. The first-order chi connectivity index (χ1) is 9.06. The third-order valence-electron chi connectivity index (χ3n) is 2.59. The standard InChI is InChI=1S/C14H13BrN2O2/c1-10-4-2-5-11(8-10)16-13(18)9-17-7-3-6-12(15)14(17)19/h2-8H,9H2,1H3,(H,16,18). The normalized spacial score (nSPS) is 10.2. The first-order valence-electron chi connectivity index (χ1n) is 5.78. The summed E-state index contributed by atoms with van der Waals surface area (Å²) in [4.78, 5) is 23.6. The van der Waals surface area contributed by atoms with E-state index in [1.165, 1.54) is 4.57 Å². The van der Waals surface area contributed by atoms with Gasteiger partial charge >= 0.3 is 0 Å². The van der Waals surface area contributed by atoms with E-state index in [2.05, 4.69) is 21.2 Å². The van der Waals surface area contributed by atoms with Gasteiger partial charge in [0.2, 0.25) is 5.91 Å². The lowest BCUT2D eigenvalue weighted by Gasteiger charge is -2.08. The fraction of sp³-hybridized carbons (Fsp3) is 0.143. The van der Waals surface area contributed by atoms with Gasteiger partial charge in [-0.05, 0) is 52.7 Å². The van der Waals surface area contributed by atoms with Gasteiger partial charge in [0, 0.05) is 11.9 Å². The molecule has 0 aliphatic heterocycles. The highest BCUT2D eigenvalue weighted by Gasteiger charge is 2.06. The number of nitrogens with one attached hydrogen (secondary N) is 1. The molecular weight excluding hydrogens is 308 g/mol. The number of hydrogen-bond acceptors (Lipinski definition) is 2. The van der Waals surface area contributed by atoms with Crippen LogP contribution in [0.25, 0.3) is 0 Å². The molecule has 0 saturated heterocycles. The Morgan fingerprint density at radius 3 is 2.84 bits per heavy atom. The number of benzene rings is 1. The second-order valence-electron chi connectivity index (χ2n) is 4.21. The molecule has 0 aliphatic rings. The minimum Gasteiger partial charge on any atom is -0.325 e. The molecule has 1 aromatic heterocycles. The Balaban J connectivity index is 2.10. The zero-order chi connectivity index (χ0) is 13.8. The molecule has 1 heterocycles. The Morgan fingerprint density at radius 2 is 2.11 bits per heavy atom. The number of halogens is 1. The molecule has 0 saturated carbocycles. The Labute approximate surface area is 119 Å². The lowest BCUT2D eigenvalue weighted by atomic mass is 10.2. The van der Waals surface area contributed by atoms with E-state index >= 15 is 0 Å². The summed E-state index contributed by atoms with van der Waals surface area (Å²) in [6, 6.07) is 10.9. The summed E-state index contributed by atoms with van der Waals surface area (Å²) in [7, 11) is 0. The molecule has 0 unspecified atom stereocenters. The summed E-state index contributed by atoms with van der Waals surface area (Å²) in [5.74, 6) is -0.231. The van der Waals surface area contributed by atoms with Gasteiger partial charge in [-0.25, -0.2) is 0 Å². The zero-order valence-electron chi connectivity index (χ0n) is 10.4. The maximum absolute atomic E-state index is 11.9. The van der Waals surface area contributed by atoms with Crippen LogP contribution in [0.15, 0.2) is 51.9 Å². The number of hydrogen-bond donors (Lipinski definition) is 1. The second kappa shape index (κ2) is 5.84. The van der Waals surface area contributed by atoms with Crippen molar-refractivity contribution in [2.45, 2.75) is 13.5 Å². The topological polar surface area (TPSA) is 51.1 Å². The number of pyridine rings is 1. The van der Waals surface area contributed by atoms with Crippen molar-refractivity contribution in [1.82, 2.24) is 4.57 Å². The number of carbonyl (C=O) groups is 1. The Morgan fingerprint density at radius 1 is 1.32 bits per heavy atom. The molecule has 0 bridgehead atoms. The van der Waals surface area contributed by atoms with Gasteiger partial charge in [-0.3, -0.25) is 9.59 Å². The number of carbonyl (C=O) groups excluding carboxylic acids is 1. The summed E-state index contributed by atoms with van der Waals surface area (Å²) >= 11 is 3.15. The van der Waals surface area contributed by atoms with E-state index in [0.29, 0.717) is 4.47 Å². The second-order valence-corrected chi connectivity index (χ2v) is 5.06. The van der Waals surface area contributed by atoms with Crippen molar-refractivity contribution in [2.24, 2.45) is 0 Å². The van der Waals surface area contributed by atoms with Crippen molar-refractivity contribution in [1.29, 1.82) is 0 Å². The fourth-order valence-electron chi connectivity index (χ4n) is 1.71. The van der Waals surface area contributed by atoms with Crippen LogP contribution in [0.2, 0.25) is 0 Å². The van der Waals surface area contributed by atoms with Gasteiger partial charge in [0.15, 0.2) is 0 Å². The van der Waals surface area contributed by atoms with Gasteiger partial charge in [-0.15, -0.1) is 0 Å². The molecule has 19 heavy (non-hydrogen) atoms. The minimum absolute atomic E-state index is 0.00772. The molecule has 0 spiro atoms. The molecule has 0 fully saturated rings. The third-order valence-corrected chi connectivity index (χ3v) is 3.19. The highest BCUT2D eigenvalue weighted by Crippen LogP contribution is 2.09. The molecule has 5 heteroatoms. The van der Waals surface area contributed by atoms with Gasteiger partial charge in [0.25, 0.3) is 5.56 Å². The summed E-state index contributed by atoms with van der Waals surface area (Å²) in [5, 5.41) is 2.76. The molecular formula is C14H13BrN2O2. The van der Waals surface area contributed by atoms with Gasteiger partial charge < -0.3 is 9.88 Å². The average Bonchev–Trinajstić information content (AvgIpc) is 2.35. The van der Waals surface area contributed by atoms with Gasteiger partial charge in [0.05, 0.1) is 4.47 Å². The highest BCUT2D eigenvalue weighted by atomic mass is 79.9. The molecule has 0 radical (unpaired) electrons. The maximum atomic E-state index is 11.9. The number of aromatic nitrogens is 1. The summed E-state index contributed by atoms with van der Waals surface area (Å²) in [6.45, 7) is 1.95. The highest BCUT2D eigenvalue weighted by molar-refractivity contribution is 9.10. The first kappa shape index (κ1) is 13.5. The van der Waals surface area contributed by atoms with Gasteiger partial charge in [-0.2, -0.15) is 0 Å². The van der Waals surface area contributed by atoms with Crippen LogP contribution in [0.5, 0.6) is 0 Å². The quantitative estimate of drug-likeness (QED) is 0.944. The number of amides is 1. The van der Waals surface area contributed by atoms with Crippen LogP contribution in [0.4, 0.5) is 5.69 Å². The van der Waals surface area contributed by atoms with E-state index in [9.17, 15) is 9.59 Å². The van der Waals surface area contributed by atoms with E-state index in [4.69, 9.17) is 0 Å². The van der Waals surface area contributed by atoms with Crippen molar-refractivity contribution >= 4 is 27.5 Å². The molecule has 98 valence electrons. The fourth-order valence-corrected chi connectivity index (χ4v) is 2.09. The Kier molecular flexibility index (Phi) is 4.16. The van der Waals surface area contributed by atoms with Crippen LogP contribution >= 0.6 is 15.9 Å². The molecule has 0 atom stereocenters. The molecule has 1 amide bonds. The smallest absolute Gasteiger partial charge is 0.265 e. The van der Waals surface area contributed by atoms with Crippen LogP contribution < -0.4 is 10.9 Å². The number of rotatable bonds is 3. The molecule has 2 rings (SSSR count). The SMILES string of the molecule is Cc1cccc(NC(=O)Cn2cccc(Br)c2=O)c1. The van der Waals surface area contributed by atoms with Crippen LogP contribution in [0.1, 0.15) is 5.56 Å². The Hall–Kier alpha value is -1.88. The predicted octanol–water partition coefficient (Wildman–Crippen LogP) is 2.56. The van der Waals surface area contributed by atoms with E-state index in [1.807, 2.05) is 31.2 Å². The maximum Gasteiger partial charge on any atom is 0.265 e. The zero-order valence-corrected chi connectivity index (χ0v) is 12.0. The molecule has 0 aliphatic carbocycles.